The number of hydrogen-bond acceptors (Lipinski definition) is 4. The van der Waals surface area contributed by atoms with Crippen molar-refractivity contribution in [3.05, 3.63) is 65.3 Å². The van der Waals surface area contributed by atoms with Crippen LogP contribution in [0.4, 0.5) is 0 Å². The van der Waals surface area contributed by atoms with Gasteiger partial charge in [0.25, 0.3) is 0 Å². The van der Waals surface area contributed by atoms with Crippen molar-refractivity contribution in [2.45, 2.75) is 18.5 Å². The van der Waals surface area contributed by atoms with Crippen LogP contribution >= 0.6 is 0 Å². The smallest absolute Gasteiger partial charge is 0.0460 e. The highest BCUT2D eigenvalue weighted by Crippen LogP contribution is 2.25. The summed E-state index contributed by atoms with van der Waals surface area (Å²) in [4.78, 5) is 0. The molecule has 2 unspecified atom stereocenters. The van der Waals surface area contributed by atoms with E-state index in [-0.39, 0.29) is 0 Å². The van der Waals surface area contributed by atoms with Crippen LogP contribution in [0.25, 0.3) is 5.57 Å². The van der Waals surface area contributed by atoms with E-state index < -0.39 is 0 Å². The minimum absolute atomic E-state index is 0.435. The van der Waals surface area contributed by atoms with Crippen LogP contribution in [-0.4, -0.2) is 32.5 Å². The summed E-state index contributed by atoms with van der Waals surface area (Å²) in [5, 5.41) is 13.6. The van der Waals surface area contributed by atoms with Gasteiger partial charge in [-0.05, 0) is 28.7 Å². The zero-order valence-electron chi connectivity index (χ0n) is 13.3. The number of rotatable bonds is 3. The third-order valence-electron chi connectivity index (χ3n) is 4.86. The van der Waals surface area contributed by atoms with Gasteiger partial charge in [0.2, 0.25) is 0 Å². The molecule has 4 N–H and O–H groups in total. The Morgan fingerprint density at radius 1 is 0.826 bits per heavy atom. The fourth-order valence-corrected chi connectivity index (χ4v) is 3.46. The number of nitrogens with one attached hydrogen (secondary N) is 4. The number of hydrogen-bond donors (Lipinski definition) is 4. The average Bonchev–Trinajstić information content (AvgIpc) is 3.26. The monoisotopic (exact) mass is 308 g/mol. The van der Waals surface area contributed by atoms with Gasteiger partial charge in [-0.3, -0.25) is 10.6 Å². The van der Waals surface area contributed by atoms with Crippen molar-refractivity contribution in [1.29, 1.82) is 0 Å². The molecule has 1 aromatic carbocycles. The van der Waals surface area contributed by atoms with Gasteiger partial charge in [0.1, 0.15) is 0 Å². The van der Waals surface area contributed by atoms with Crippen molar-refractivity contribution in [3.63, 3.8) is 0 Å². The second-order valence-corrected chi connectivity index (χ2v) is 6.36. The molecule has 0 saturated carbocycles. The minimum Gasteiger partial charge on any atom is -0.303 e. The highest BCUT2D eigenvalue weighted by Gasteiger charge is 2.17. The summed E-state index contributed by atoms with van der Waals surface area (Å²) in [7, 11) is 0. The lowest BCUT2D eigenvalue weighted by Gasteiger charge is -2.11. The summed E-state index contributed by atoms with van der Waals surface area (Å²) in [6, 6.07) is 9.89. The van der Waals surface area contributed by atoms with Gasteiger partial charge in [0.15, 0.2) is 0 Å². The maximum Gasteiger partial charge on any atom is 0.0460 e. The number of benzene rings is 1. The van der Waals surface area contributed by atoms with Crippen LogP contribution in [0.5, 0.6) is 0 Å². The van der Waals surface area contributed by atoms with E-state index in [9.17, 15) is 0 Å². The molecule has 120 valence electrons. The van der Waals surface area contributed by atoms with E-state index in [0.29, 0.717) is 12.1 Å². The quantitative estimate of drug-likeness (QED) is 0.686. The Kier molecular flexibility index (Phi) is 4.39. The maximum atomic E-state index is 3.47. The van der Waals surface area contributed by atoms with Crippen LogP contribution in [0.3, 0.4) is 0 Å². The first-order valence-corrected chi connectivity index (χ1v) is 8.46. The molecule has 2 saturated heterocycles. The second-order valence-electron chi connectivity index (χ2n) is 6.36. The van der Waals surface area contributed by atoms with Crippen molar-refractivity contribution in [3.8, 4) is 0 Å². The van der Waals surface area contributed by atoms with E-state index >= 15 is 0 Å². The molecular weight excluding hydrogens is 284 g/mol. The third-order valence-corrected chi connectivity index (χ3v) is 4.86. The molecule has 1 aliphatic carbocycles. The lowest BCUT2D eigenvalue weighted by atomic mass is 9.99. The van der Waals surface area contributed by atoms with Crippen LogP contribution in [0.15, 0.2) is 54.1 Å². The van der Waals surface area contributed by atoms with E-state index in [0.717, 1.165) is 32.8 Å². The fourth-order valence-electron chi connectivity index (χ4n) is 3.46. The van der Waals surface area contributed by atoms with E-state index in [1.54, 1.807) is 0 Å². The predicted molar refractivity (Wildman–Crippen MR) is 94.8 cm³/mol. The van der Waals surface area contributed by atoms with Gasteiger partial charge in [-0.15, -0.1) is 0 Å². The van der Waals surface area contributed by atoms with E-state index in [1.165, 1.54) is 22.3 Å². The van der Waals surface area contributed by atoms with Gasteiger partial charge < -0.3 is 10.6 Å². The summed E-state index contributed by atoms with van der Waals surface area (Å²) >= 11 is 0. The molecule has 0 bridgehead atoms. The van der Waals surface area contributed by atoms with Crippen molar-refractivity contribution in [2.75, 3.05) is 26.4 Å². The SMILES string of the molecule is C1=CC(C2CNCN2)=CC=C(c2ccc(C3CNCN3)cc2)C1. The van der Waals surface area contributed by atoms with Crippen molar-refractivity contribution >= 4 is 5.57 Å². The fraction of sp³-hybridized carbons (Fsp3) is 0.368. The largest absolute Gasteiger partial charge is 0.303 e. The van der Waals surface area contributed by atoms with Gasteiger partial charge >= 0.3 is 0 Å². The number of allylic oxidation sites excluding steroid dienone is 4. The van der Waals surface area contributed by atoms with Crippen LogP contribution in [0.2, 0.25) is 0 Å². The standard InChI is InChI=1S/C19H24N4/c1-2-14(4-7-16(3-1)18-10-20-12-22-18)15-5-8-17(9-6-15)19-11-21-13-23-19/h1,3-9,18-23H,2,10-13H2. The van der Waals surface area contributed by atoms with E-state index in [2.05, 4.69) is 69.8 Å². The van der Waals surface area contributed by atoms with Crippen LogP contribution in [-0.2, 0) is 0 Å². The first kappa shape index (κ1) is 14.8. The van der Waals surface area contributed by atoms with Gasteiger partial charge in [0.05, 0.1) is 0 Å². The Morgan fingerprint density at radius 3 is 2.26 bits per heavy atom. The van der Waals surface area contributed by atoms with Gasteiger partial charge in [0, 0.05) is 38.5 Å². The minimum atomic E-state index is 0.435. The maximum absolute atomic E-state index is 3.47. The van der Waals surface area contributed by atoms with Gasteiger partial charge in [-0.25, -0.2) is 0 Å². The Balaban J connectivity index is 1.51. The molecule has 0 radical (unpaired) electrons. The Morgan fingerprint density at radius 2 is 1.57 bits per heavy atom. The first-order valence-electron chi connectivity index (χ1n) is 8.46. The molecule has 2 aliphatic heterocycles. The molecule has 4 rings (SSSR count). The molecule has 3 aliphatic rings. The molecule has 4 nitrogen and oxygen atoms in total. The molecule has 2 heterocycles. The van der Waals surface area contributed by atoms with Crippen LogP contribution in [0, 0.1) is 0 Å². The topological polar surface area (TPSA) is 48.1 Å². The molecule has 23 heavy (non-hydrogen) atoms. The van der Waals surface area contributed by atoms with Gasteiger partial charge in [-0.1, -0.05) is 48.6 Å². The molecular formula is C19H24N4. The van der Waals surface area contributed by atoms with Gasteiger partial charge in [-0.2, -0.15) is 0 Å². The molecule has 2 atom stereocenters. The Bertz CT molecular complexity index is 630. The molecule has 1 aromatic rings. The average molecular weight is 308 g/mol. The molecule has 0 spiro atoms. The predicted octanol–water partition coefficient (Wildman–Crippen LogP) is 1.67. The Hall–Kier alpha value is -1.72. The highest BCUT2D eigenvalue weighted by molar-refractivity contribution is 5.69. The lowest BCUT2D eigenvalue weighted by Crippen LogP contribution is -2.24. The van der Waals surface area contributed by atoms with Crippen molar-refractivity contribution in [1.82, 2.24) is 21.3 Å². The molecule has 0 amide bonds. The van der Waals surface area contributed by atoms with Crippen molar-refractivity contribution < 1.29 is 0 Å². The zero-order chi connectivity index (χ0) is 15.5. The Labute approximate surface area is 137 Å². The van der Waals surface area contributed by atoms with Crippen molar-refractivity contribution in [2.24, 2.45) is 0 Å². The summed E-state index contributed by atoms with van der Waals surface area (Å²) in [5.74, 6) is 0. The van der Waals surface area contributed by atoms with E-state index in [1.807, 2.05) is 0 Å². The highest BCUT2D eigenvalue weighted by atomic mass is 15.2. The normalized spacial score (nSPS) is 27.7. The van der Waals surface area contributed by atoms with Crippen LogP contribution in [0.1, 0.15) is 23.6 Å². The summed E-state index contributed by atoms with van der Waals surface area (Å²) < 4.78 is 0. The first-order chi connectivity index (χ1) is 11.4. The van der Waals surface area contributed by atoms with E-state index in [4.69, 9.17) is 0 Å². The third kappa shape index (κ3) is 3.31. The molecule has 2 fully saturated rings. The molecule has 4 heteroatoms. The summed E-state index contributed by atoms with van der Waals surface area (Å²) in [5.41, 5.74) is 5.43. The molecule has 0 aromatic heterocycles. The second kappa shape index (κ2) is 6.81. The summed E-state index contributed by atoms with van der Waals surface area (Å²) in [6.07, 6.45) is 10.1. The zero-order valence-corrected chi connectivity index (χ0v) is 13.3. The lowest BCUT2D eigenvalue weighted by molar-refractivity contribution is 0.676. The summed E-state index contributed by atoms with van der Waals surface area (Å²) in [6.45, 7) is 3.83. The van der Waals surface area contributed by atoms with Crippen LogP contribution < -0.4 is 21.3 Å².